The maximum absolute atomic E-state index is 5.29. The molecule has 4 aromatic rings. The number of benzene rings is 2. The smallest absolute Gasteiger partial charge is 0.118 e. The van der Waals surface area contributed by atoms with Gasteiger partial charge in [-0.1, -0.05) is 6.07 Å². The molecule has 0 atom stereocenters. The number of aromatic nitrogens is 4. The van der Waals surface area contributed by atoms with Crippen molar-refractivity contribution in [3.8, 4) is 28.3 Å². The molecule has 1 aliphatic rings. The molecular weight excluding hydrogens is 324 g/mol. The third kappa shape index (κ3) is 2.36. The molecule has 0 spiro atoms. The lowest BCUT2D eigenvalue weighted by molar-refractivity contribution is 0.415. The molecule has 5 rings (SSSR count). The van der Waals surface area contributed by atoms with Crippen LogP contribution in [0.1, 0.15) is 12.2 Å². The number of ether oxygens (including phenoxy) is 1. The number of hydrogen-bond acceptors (Lipinski definition) is 4. The Kier molecular flexibility index (Phi) is 3.45. The summed E-state index contributed by atoms with van der Waals surface area (Å²) in [6, 6.07) is 14.4. The summed E-state index contributed by atoms with van der Waals surface area (Å²) in [5, 5.41) is 0. The van der Waals surface area contributed by atoms with Gasteiger partial charge in [-0.05, 0) is 42.8 Å². The maximum Gasteiger partial charge on any atom is 0.118 e. The molecule has 0 saturated carbocycles. The molecule has 0 aliphatic carbocycles. The van der Waals surface area contributed by atoms with Gasteiger partial charge in [0, 0.05) is 36.5 Å². The minimum Gasteiger partial charge on any atom is -0.497 e. The van der Waals surface area contributed by atoms with Gasteiger partial charge in [0.25, 0.3) is 0 Å². The molecule has 128 valence electrons. The van der Waals surface area contributed by atoms with Gasteiger partial charge in [-0.25, -0.2) is 4.98 Å². The molecule has 3 heterocycles. The Balaban J connectivity index is 1.71. The van der Waals surface area contributed by atoms with Gasteiger partial charge in [0.1, 0.15) is 11.6 Å². The lowest BCUT2D eigenvalue weighted by Gasteiger charge is -2.10. The number of methoxy groups -OCH3 is 1. The van der Waals surface area contributed by atoms with Crippen molar-refractivity contribution in [3.05, 3.63) is 60.7 Å². The fourth-order valence-electron chi connectivity index (χ4n) is 3.68. The molecule has 2 aromatic heterocycles. The highest BCUT2D eigenvalue weighted by Crippen LogP contribution is 2.36. The molecule has 0 bridgehead atoms. The first kappa shape index (κ1) is 15.1. The standard InChI is InChI=1S/C21H18N4O/c1-26-16-7-4-14(5-8-16)20-21(25-12-2-3-19(25)24-20)15-6-9-17-18(13-15)23-11-10-22-17/h4-11,13H,2-3,12H2,1H3. The van der Waals surface area contributed by atoms with E-state index in [2.05, 4.69) is 38.8 Å². The van der Waals surface area contributed by atoms with Gasteiger partial charge in [0.2, 0.25) is 0 Å². The molecule has 0 fully saturated rings. The number of imidazole rings is 1. The third-order valence-corrected chi connectivity index (χ3v) is 4.93. The first-order valence-electron chi connectivity index (χ1n) is 8.78. The molecule has 0 saturated heterocycles. The largest absolute Gasteiger partial charge is 0.497 e. The van der Waals surface area contributed by atoms with Crippen LogP contribution in [-0.4, -0.2) is 26.6 Å². The monoisotopic (exact) mass is 342 g/mol. The van der Waals surface area contributed by atoms with Crippen LogP contribution in [0.5, 0.6) is 5.75 Å². The van der Waals surface area contributed by atoms with E-state index in [1.807, 2.05) is 18.2 Å². The topological polar surface area (TPSA) is 52.8 Å². The fraction of sp³-hybridized carbons (Fsp3) is 0.190. The summed E-state index contributed by atoms with van der Waals surface area (Å²) in [7, 11) is 1.68. The lowest BCUT2D eigenvalue weighted by Crippen LogP contribution is -1.97. The highest BCUT2D eigenvalue weighted by Gasteiger charge is 2.23. The third-order valence-electron chi connectivity index (χ3n) is 4.93. The highest BCUT2D eigenvalue weighted by molar-refractivity contribution is 5.85. The summed E-state index contributed by atoms with van der Waals surface area (Å²) in [5.41, 5.74) is 6.22. The Morgan fingerprint density at radius 2 is 1.69 bits per heavy atom. The van der Waals surface area contributed by atoms with E-state index in [-0.39, 0.29) is 0 Å². The molecule has 0 radical (unpaired) electrons. The van der Waals surface area contributed by atoms with E-state index in [1.165, 1.54) is 0 Å². The molecule has 5 nitrogen and oxygen atoms in total. The number of rotatable bonds is 3. The average Bonchev–Trinajstić information content (AvgIpc) is 3.29. The van der Waals surface area contributed by atoms with E-state index in [4.69, 9.17) is 9.72 Å². The van der Waals surface area contributed by atoms with Crippen molar-refractivity contribution in [1.29, 1.82) is 0 Å². The maximum atomic E-state index is 5.29. The summed E-state index contributed by atoms with van der Waals surface area (Å²) in [6.07, 6.45) is 5.63. The van der Waals surface area contributed by atoms with Crippen molar-refractivity contribution >= 4 is 11.0 Å². The van der Waals surface area contributed by atoms with Crippen molar-refractivity contribution in [2.24, 2.45) is 0 Å². The Morgan fingerprint density at radius 3 is 2.50 bits per heavy atom. The Bertz CT molecular complexity index is 1100. The fourth-order valence-corrected chi connectivity index (χ4v) is 3.68. The van der Waals surface area contributed by atoms with E-state index in [0.29, 0.717) is 0 Å². The van der Waals surface area contributed by atoms with Gasteiger partial charge >= 0.3 is 0 Å². The van der Waals surface area contributed by atoms with Crippen molar-refractivity contribution in [1.82, 2.24) is 19.5 Å². The van der Waals surface area contributed by atoms with Crippen LogP contribution in [0.4, 0.5) is 0 Å². The van der Waals surface area contributed by atoms with Crippen LogP contribution < -0.4 is 4.74 Å². The minimum atomic E-state index is 0.850. The number of fused-ring (bicyclic) bond motifs is 2. The van der Waals surface area contributed by atoms with Gasteiger partial charge in [0.15, 0.2) is 0 Å². The SMILES string of the molecule is COc1ccc(-c2nc3n(c2-c2ccc4nccnc4c2)CCC3)cc1. The first-order chi connectivity index (χ1) is 12.8. The van der Waals surface area contributed by atoms with Crippen LogP contribution in [0.15, 0.2) is 54.9 Å². The predicted molar refractivity (Wildman–Crippen MR) is 101 cm³/mol. The predicted octanol–water partition coefficient (Wildman–Crippen LogP) is 4.12. The summed E-state index contributed by atoms with van der Waals surface area (Å²) in [5.74, 6) is 2.01. The van der Waals surface area contributed by atoms with E-state index in [1.54, 1.807) is 19.5 Å². The van der Waals surface area contributed by atoms with Crippen LogP contribution >= 0.6 is 0 Å². The van der Waals surface area contributed by atoms with Crippen LogP contribution in [0.3, 0.4) is 0 Å². The van der Waals surface area contributed by atoms with E-state index in [9.17, 15) is 0 Å². The van der Waals surface area contributed by atoms with Crippen LogP contribution in [0, 0.1) is 0 Å². The second-order valence-electron chi connectivity index (χ2n) is 6.47. The highest BCUT2D eigenvalue weighted by atomic mass is 16.5. The zero-order chi connectivity index (χ0) is 17.5. The number of hydrogen-bond donors (Lipinski definition) is 0. The molecule has 0 unspecified atom stereocenters. The van der Waals surface area contributed by atoms with Crippen molar-refractivity contribution < 1.29 is 4.74 Å². The summed E-state index contributed by atoms with van der Waals surface area (Å²) >= 11 is 0. The van der Waals surface area contributed by atoms with Gasteiger partial charge in [-0.3, -0.25) is 9.97 Å². The first-order valence-corrected chi connectivity index (χ1v) is 8.78. The Morgan fingerprint density at radius 1 is 0.923 bits per heavy atom. The van der Waals surface area contributed by atoms with E-state index < -0.39 is 0 Å². The van der Waals surface area contributed by atoms with Crippen LogP contribution in [-0.2, 0) is 13.0 Å². The second-order valence-corrected chi connectivity index (χ2v) is 6.47. The number of nitrogens with zero attached hydrogens (tertiary/aromatic N) is 4. The Labute approximate surface area is 151 Å². The van der Waals surface area contributed by atoms with Gasteiger partial charge in [-0.15, -0.1) is 0 Å². The van der Waals surface area contributed by atoms with Crippen molar-refractivity contribution in [3.63, 3.8) is 0 Å². The number of aryl methyl sites for hydroxylation is 1. The second kappa shape index (κ2) is 5.95. The Hall–Kier alpha value is -3.21. The van der Waals surface area contributed by atoms with Gasteiger partial charge in [0.05, 0.1) is 29.5 Å². The molecule has 0 amide bonds. The van der Waals surface area contributed by atoms with E-state index in [0.717, 1.165) is 64.5 Å². The molecular formula is C21H18N4O. The quantitative estimate of drug-likeness (QED) is 0.562. The lowest BCUT2D eigenvalue weighted by atomic mass is 10.0. The molecule has 1 aliphatic heterocycles. The zero-order valence-electron chi connectivity index (χ0n) is 14.5. The van der Waals surface area contributed by atoms with Crippen molar-refractivity contribution in [2.45, 2.75) is 19.4 Å². The van der Waals surface area contributed by atoms with Gasteiger partial charge < -0.3 is 9.30 Å². The normalized spacial score (nSPS) is 13.1. The molecule has 26 heavy (non-hydrogen) atoms. The van der Waals surface area contributed by atoms with Crippen LogP contribution in [0.2, 0.25) is 0 Å². The molecule has 5 heteroatoms. The minimum absolute atomic E-state index is 0.850. The molecule has 0 N–H and O–H groups in total. The summed E-state index contributed by atoms with van der Waals surface area (Å²) in [6.45, 7) is 1.01. The summed E-state index contributed by atoms with van der Waals surface area (Å²) < 4.78 is 7.63. The van der Waals surface area contributed by atoms with Gasteiger partial charge in [-0.2, -0.15) is 0 Å². The van der Waals surface area contributed by atoms with Crippen molar-refractivity contribution in [2.75, 3.05) is 7.11 Å². The van der Waals surface area contributed by atoms with Crippen LogP contribution in [0.25, 0.3) is 33.5 Å². The van der Waals surface area contributed by atoms with E-state index >= 15 is 0 Å². The summed E-state index contributed by atoms with van der Waals surface area (Å²) in [4.78, 5) is 13.8. The average molecular weight is 342 g/mol. The zero-order valence-corrected chi connectivity index (χ0v) is 14.5. The molecule has 2 aromatic carbocycles.